The Bertz CT molecular complexity index is 500. The molecule has 0 spiro atoms. The summed E-state index contributed by atoms with van der Waals surface area (Å²) in [6.45, 7) is 2.96. The van der Waals surface area contributed by atoms with Gasteiger partial charge in [-0.05, 0) is 36.3 Å². The van der Waals surface area contributed by atoms with E-state index in [0.717, 1.165) is 24.3 Å². The van der Waals surface area contributed by atoms with Crippen LogP contribution in [0.5, 0.6) is 5.75 Å². The van der Waals surface area contributed by atoms with Crippen molar-refractivity contribution < 1.29 is 17.9 Å². The van der Waals surface area contributed by atoms with E-state index in [1.807, 2.05) is 6.07 Å². The van der Waals surface area contributed by atoms with Crippen molar-refractivity contribution in [3.05, 3.63) is 23.8 Å². The van der Waals surface area contributed by atoms with Gasteiger partial charge in [0, 0.05) is 12.5 Å². The fourth-order valence-electron chi connectivity index (χ4n) is 3.62. The number of alkyl halides is 3. The fraction of sp³-hybridized carbons (Fsp3) is 0.600. The SMILES string of the molecule is CC1CCC(C2CNc3c(OC(F)(F)F)cccc32)C1. The molecule has 3 atom stereocenters. The molecule has 1 aromatic rings. The minimum Gasteiger partial charge on any atom is -0.404 e. The molecule has 1 heterocycles. The number of ether oxygens (including phenoxy) is 1. The second-order valence-electron chi connectivity index (χ2n) is 5.93. The molecule has 110 valence electrons. The Morgan fingerprint density at radius 2 is 2.05 bits per heavy atom. The number of hydrogen-bond acceptors (Lipinski definition) is 2. The Kier molecular flexibility index (Phi) is 3.30. The minimum absolute atomic E-state index is 0.108. The van der Waals surface area contributed by atoms with Crippen LogP contribution in [0.25, 0.3) is 0 Å². The molecule has 1 aliphatic heterocycles. The Morgan fingerprint density at radius 3 is 2.70 bits per heavy atom. The van der Waals surface area contributed by atoms with Crippen molar-refractivity contribution in [2.75, 3.05) is 11.9 Å². The maximum absolute atomic E-state index is 12.4. The van der Waals surface area contributed by atoms with Crippen LogP contribution in [0.15, 0.2) is 18.2 Å². The molecular formula is C15H18F3NO. The standard InChI is InChI=1S/C15H18F3NO/c1-9-5-6-10(7-9)12-8-19-14-11(12)3-2-4-13(14)20-15(16,17)18/h2-4,9-10,12,19H,5-8H2,1H3. The molecule has 0 amide bonds. The predicted octanol–water partition coefficient (Wildman–Crippen LogP) is 4.53. The van der Waals surface area contributed by atoms with Gasteiger partial charge in [0.15, 0.2) is 5.75 Å². The van der Waals surface area contributed by atoms with Gasteiger partial charge in [0.1, 0.15) is 0 Å². The van der Waals surface area contributed by atoms with Crippen molar-refractivity contribution >= 4 is 5.69 Å². The normalized spacial score (nSPS) is 29.1. The Labute approximate surface area is 116 Å². The van der Waals surface area contributed by atoms with Gasteiger partial charge in [-0.3, -0.25) is 0 Å². The second-order valence-corrected chi connectivity index (χ2v) is 5.93. The second kappa shape index (κ2) is 4.86. The summed E-state index contributed by atoms with van der Waals surface area (Å²) in [5.41, 5.74) is 1.50. The summed E-state index contributed by atoms with van der Waals surface area (Å²) >= 11 is 0. The molecule has 3 rings (SSSR count). The molecule has 2 nitrogen and oxygen atoms in total. The summed E-state index contributed by atoms with van der Waals surface area (Å²) in [5, 5.41) is 3.11. The summed E-state index contributed by atoms with van der Waals surface area (Å²) in [5.74, 6) is 1.49. The first-order valence-electron chi connectivity index (χ1n) is 7.06. The van der Waals surface area contributed by atoms with Crippen molar-refractivity contribution in [1.82, 2.24) is 0 Å². The van der Waals surface area contributed by atoms with Gasteiger partial charge in [0.05, 0.1) is 5.69 Å². The molecule has 1 fully saturated rings. The Hall–Kier alpha value is -1.39. The molecule has 20 heavy (non-hydrogen) atoms. The van der Waals surface area contributed by atoms with Crippen molar-refractivity contribution in [2.24, 2.45) is 11.8 Å². The van der Waals surface area contributed by atoms with Gasteiger partial charge in [-0.25, -0.2) is 0 Å². The number of halogens is 3. The van der Waals surface area contributed by atoms with Crippen LogP contribution in [0, 0.1) is 11.8 Å². The highest BCUT2D eigenvalue weighted by atomic mass is 19.4. The Balaban J connectivity index is 1.85. The summed E-state index contributed by atoms with van der Waals surface area (Å²) in [4.78, 5) is 0. The quantitative estimate of drug-likeness (QED) is 0.862. The Morgan fingerprint density at radius 1 is 1.25 bits per heavy atom. The first kappa shape index (κ1) is 13.6. The highest BCUT2D eigenvalue weighted by Crippen LogP contribution is 2.48. The summed E-state index contributed by atoms with van der Waals surface area (Å²) in [6, 6.07) is 4.95. The van der Waals surface area contributed by atoms with Gasteiger partial charge in [0.2, 0.25) is 0 Å². The van der Waals surface area contributed by atoms with Crippen LogP contribution in [-0.4, -0.2) is 12.9 Å². The lowest BCUT2D eigenvalue weighted by Gasteiger charge is -2.18. The third-order valence-electron chi connectivity index (χ3n) is 4.49. The van der Waals surface area contributed by atoms with Gasteiger partial charge in [-0.15, -0.1) is 13.2 Å². The molecule has 0 radical (unpaired) electrons. The monoisotopic (exact) mass is 285 g/mol. The first-order valence-corrected chi connectivity index (χ1v) is 7.06. The lowest BCUT2D eigenvalue weighted by atomic mass is 9.86. The van der Waals surface area contributed by atoms with E-state index in [2.05, 4.69) is 17.0 Å². The van der Waals surface area contributed by atoms with Crippen molar-refractivity contribution in [2.45, 2.75) is 38.5 Å². The summed E-state index contributed by atoms with van der Waals surface area (Å²) in [7, 11) is 0. The van der Waals surface area contributed by atoms with Crippen LogP contribution in [-0.2, 0) is 0 Å². The zero-order chi connectivity index (χ0) is 14.3. The molecule has 3 unspecified atom stereocenters. The highest BCUT2D eigenvalue weighted by Gasteiger charge is 2.37. The van der Waals surface area contributed by atoms with E-state index in [1.54, 1.807) is 6.07 Å². The third kappa shape index (κ3) is 2.58. The van der Waals surface area contributed by atoms with E-state index in [-0.39, 0.29) is 5.75 Å². The number of para-hydroxylation sites is 1. The van der Waals surface area contributed by atoms with Gasteiger partial charge in [0.25, 0.3) is 0 Å². The fourth-order valence-corrected chi connectivity index (χ4v) is 3.62. The molecule has 1 saturated carbocycles. The van der Waals surface area contributed by atoms with Gasteiger partial charge >= 0.3 is 6.36 Å². The smallest absolute Gasteiger partial charge is 0.404 e. The van der Waals surface area contributed by atoms with E-state index >= 15 is 0 Å². The maximum atomic E-state index is 12.4. The van der Waals surface area contributed by atoms with Crippen molar-refractivity contribution in [3.8, 4) is 5.75 Å². The molecule has 1 N–H and O–H groups in total. The zero-order valence-electron chi connectivity index (χ0n) is 11.3. The van der Waals surface area contributed by atoms with Gasteiger partial charge < -0.3 is 10.1 Å². The van der Waals surface area contributed by atoms with Crippen LogP contribution in [0.2, 0.25) is 0 Å². The predicted molar refractivity (Wildman–Crippen MR) is 70.9 cm³/mol. The summed E-state index contributed by atoms with van der Waals surface area (Å²) < 4.78 is 41.3. The largest absolute Gasteiger partial charge is 0.573 e. The lowest BCUT2D eigenvalue weighted by molar-refractivity contribution is -0.274. The van der Waals surface area contributed by atoms with Crippen molar-refractivity contribution in [1.29, 1.82) is 0 Å². The molecule has 5 heteroatoms. The van der Waals surface area contributed by atoms with Crippen LogP contribution < -0.4 is 10.1 Å². The zero-order valence-corrected chi connectivity index (χ0v) is 11.3. The molecule has 1 aliphatic carbocycles. The number of rotatable bonds is 2. The van der Waals surface area contributed by atoms with Crippen LogP contribution in [0.4, 0.5) is 18.9 Å². The van der Waals surface area contributed by atoms with E-state index in [1.165, 1.54) is 12.5 Å². The molecular weight excluding hydrogens is 267 g/mol. The van der Waals surface area contributed by atoms with E-state index in [0.29, 0.717) is 24.1 Å². The van der Waals surface area contributed by atoms with Crippen LogP contribution >= 0.6 is 0 Å². The highest BCUT2D eigenvalue weighted by molar-refractivity contribution is 5.67. The molecule has 0 saturated heterocycles. The van der Waals surface area contributed by atoms with E-state index < -0.39 is 6.36 Å². The van der Waals surface area contributed by atoms with Crippen molar-refractivity contribution in [3.63, 3.8) is 0 Å². The molecule has 0 bridgehead atoms. The van der Waals surface area contributed by atoms with Crippen LogP contribution in [0.1, 0.15) is 37.7 Å². The third-order valence-corrected chi connectivity index (χ3v) is 4.49. The number of nitrogens with one attached hydrogen (secondary N) is 1. The van der Waals surface area contributed by atoms with Gasteiger partial charge in [-0.1, -0.05) is 25.5 Å². The lowest BCUT2D eigenvalue weighted by Crippen LogP contribution is -2.17. The average Bonchev–Trinajstić information content (AvgIpc) is 2.93. The maximum Gasteiger partial charge on any atom is 0.573 e. The molecule has 0 aromatic heterocycles. The molecule has 1 aromatic carbocycles. The molecule has 2 aliphatic rings. The first-order chi connectivity index (χ1) is 9.44. The average molecular weight is 285 g/mol. The topological polar surface area (TPSA) is 21.3 Å². The van der Waals surface area contributed by atoms with E-state index in [9.17, 15) is 13.2 Å². The number of anilines is 1. The minimum atomic E-state index is -4.64. The number of fused-ring (bicyclic) bond motifs is 1. The van der Waals surface area contributed by atoms with Gasteiger partial charge in [-0.2, -0.15) is 0 Å². The number of hydrogen-bond donors (Lipinski definition) is 1. The number of benzene rings is 1. The summed E-state index contributed by atoms with van der Waals surface area (Å²) in [6.07, 6.45) is -1.10. The van der Waals surface area contributed by atoms with Crippen LogP contribution in [0.3, 0.4) is 0 Å². The van der Waals surface area contributed by atoms with E-state index in [4.69, 9.17) is 0 Å².